The molecule has 2 amide bonds. The molecule has 0 saturated heterocycles. The lowest BCUT2D eigenvalue weighted by Gasteiger charge is -2.07. The average molecular weight is 577 g/mol. The summed E-state index contributed by atoms with van der Waals surface area (Å²) in [5.41, 5.74) is 26.3. The molecule has 0 aromatic heterocycles. The number of nitrogen functional groups attached to an aromatic ring is 1. The number of carbonyl (C=O) groups is 6. The van der Waals surface area contributed by atoms with Crippen LogP contribution in [-0.2, 0) is 19.2 Å². The fourth-order valence-electron chi connectivity index (χ4n) is 1.97. The Morgan fingerprint density at radius 2 is 1.23 bits per heavy atom. The van der Waals surface area contributed by atoms with E-state index in [1.54, 1.807) is 26.0 Å². The molecule has 0 radical (unpaired) electrons. The minimum atomic E-state index is -1.17. The molecule has 40 heavy (non-hydrogen) atoms. The van der Waals surface area contributed by atoms with Gasteiger partial charge in [-0.25, -0.2) is 9.59 Å². The highest BCUT2D eigenvalue weighted by Gasteiger charge is 2.14. The second-order valence-electron chi connectivity index (χ2n) is 8.29. The summed E-state index contributed by atoms with van der Waals surface area (Å²) < 4.78 is 0. The van der Waals surface area contributed by atoms with Crippen LogP contribution < -0.4 is 34.0 Å². The number of urea groups is 1. The van der Waals surface area contributed by atoms with E-state index in [1.807, 2.05) is 0 Å². The summed E-state index contributed by atoms with van der Waals surface area (Å²) in [6.45, 7) is 3.91. The molecular formula is C23H40N6O11. The van der Waals surface area contributed by atoms with Crippen molar-refractivity contribution in [1.82, 2.24) is 5.32 Å². The monoisotopic (exact) mass is 576 g/mol. The van der Waals surface area contributed by atoms with E-state index in [1.165, 1.54) is 12.1 Å². The van der Waals surface area contributed by atoms with Crippen LogP contribution in [0.1, 0.15) is 49.9 Å². The van der Waals surface area contributed by atoms with Gasteiger partial charge in [0.25, 0.3) is 0 Å². The lowest BCUT2D eigenvalue weighted by atomic mass is 10.1. The highest BCUT2D eigenvalue weighted by molar-refractivity contribution is 5.87. The van der Waals surface area contributed by atoms with Crippen molar-refractivity contribution in [3.8, 4) is 0 Å². The Balaban J connectivity index is -0.000000461. The van der Waals surface area contributed by atoms with Crippen LogP contribution in [-0.4, -0.2) is 86.1 Å². The zero-order chi connectivity index (χ0) is 32.0. The number of carboxylic acid groups (broad SMARTS) is 5. The van der Waals surface area contributed by atoms with E-state index >= 15 is 0 Å². The second-order valence-corrected chi connectivity index (χ2v) is 8.29. The van der Waals surface area contributed by atoms with Crippen LogP contribution in [0.2, 0.25) is 0 Å². The zero-order valence-corrected chi connectivity index (χ0v) is 22.2. The summed E-state index contributed by atoms with van der Waals surface area (Å²) >= 11 is 0. The lowest BCUT2D eigenvalue weighted by molar-refractivity contribution is -0.141. The van der Waals surface area contributed by atoms with Crippen molar-refractivity contribution in [3.05, 3.63) is 29.8 Å². The van der Waals surface area contributed by atoms with Crippen molar-refractivity contribution in [1.29, 1.82) is 0 Å². The van der Waals surface area contributed by atoms with E-state index in [2.05, 4.69) is 5.32 Å². The zero-order valence-electron chi connectivity index (χ0n) is 22.2. The van der Waals surface area contributed by atoms with Crippen molar-refractivity contribution in [3.63, 3.8) is 0 Å². The maximum Gasteiger partial charge on any atom is 0.335 e. The Labute approximate surface area is 230 Å². The largest absolute Gasteiger partial charge is 0.481 e. The predicted octanol–water partition coefficient (Wildman–Crippen LogP) is -0.869. The van der Waals surface area contributed by atoms with Gasteiger partial charge in [0.2, 0.25) is 0 Å². The number of rotatable bonds is 12. The van der Waals surface area contributed by atoms with Gasteiger partial charge in [0.1, 0.15) is 18.1 Å². The topological polar surface area (TPSA) is 346 Å². The van der Waals surface area contributed by atoms with Gasteiger partial charge in [-0.15, -0.1) is 0 Å². The van der Waals surface area contributed by atoms with E-state index in [0.29, 0.717) is 25.1 Å². The molecule has 228 valence electrons. The minimum Gasteiger partial charge on any atom is -0.481 e. The van der Waals surface area contributed by atoms with Gasteiger partial charge in [-0.2, -0.15) is 0 Å². The quantitative estimate of drug-likeness (QED) is 0.106. The Bertz CT molecular complexity index is 942. The molecule has 1 aromatic rings. The number of carboxylic acids is 5. The molecule has 3 unspecified atom stereocenters. The number of hydrogen-bond acceptors (Lipinski definition) is 10. The van der Waals surface area contributed by atoms with Gasteiger partial charge in [-0.3, -0.25) is 19.2 Å². The normalized spacial score (nSPS) is 11.8. The summed E-state index contributed by atoms with van der Waals surface area (Å²) in [5.74, 6) is -5.07. The second kappa shape index (κ2) is 22.5. The number of aromatic carboxylic acids is 1. The van der Waals surface area contributed by atoms with Crippen molar-refractivity contribution in [2.75, 3.05) is 12.3 Å². The summed E-state index contributed by atoms with van der Waals surface area (Å²) in [6.07, 6.45) is 0.615. The van der Waals surface area contributed by atoms with E-state index in [9.17, 15) is 28.8 Å². The molecule has 0 fully saturated rings. The first-order chi connectivity index (χ1) is 18.3. The minimum absolute atomic E-state index is 0.0208. The van der Waals surface area contributed by atoms with Crippen LogP contribution in [0.5, 0.6) is 0 Å². The molecule has 16 N–H and O–H groups in total. The number of carbonyl (C=O) groups excluding carboxylic acids is 1. The van der Waals surface area contributed by atoms with Crippen LogP contribution in [0.3, 0.4) is 0 Å². The number of nitrogens with one attached hydrogen (secondary N) is 1. The SMILES string of the molecule is CC(C)C(N)C(=O)O.NC(=O)NCCCC(N)C(=O)O.NC(CCC(=O)O)C(=O)O.Nc1ccc(C(=O)O)cc1. The van der Waals surface area contributed by atoms with Crippen LogP contribution in [0, 0.1) is 5.92 Å². The van der Waals surface area contributed by atoms with Crippen LogP contribution in [0.4, 0.5) is 10.5 Å². The van der Waals surface area contributed by atoms with Crippen molar-refractivity contribution in [2.45, 2.75) is 57.7 Å². The van der Waals surface area contributed by atoms with Gasteiger partial charge in [-0.1, -0.05) is 13.8 Å². The number of hydrogen-bond donors (Lipinski definition) is 11. The van der Waals surface area contributed by atoms with Gasteiger partial charge in [0, 0.05) is 18.7 Å². The molecule has 0 aliphatic rings. The summed E-state index contributed by atoms with van der Waals surface area (Å²) in [7, 11) is 0. The van der Waals surface area contributed by atoms with Gasteiger partial charge >= 0.3 is 35.9 Å². The average Bonchev–Trinajstić information content (AvgIpc) is 2.85. The molecule has 17 nitrogen and oxygen atoms in total. The molecule has 17 heteroatoms. The molecule has 0 saturated carbocycles. The number of aliphatic carboxylic acids is 4. The Hall–Kier alpha value is -4.48. The first kappa shape index (κ1) is 40.0. The van der Waals surface area contributed by atoms with Gasteiger partial charge in [-0.05, 0) is 49.4 Å². The van der Waals surface area contributed by atoms with Crippen LogP contribution in [0.25, 0.3) is 0 Å². The lowest BCUT2D eigenvalue weighted by Crippen LogP contribution is -2.34. The number of anilines is 1. The van der Waals surface area contributed by atoms with Gasteiger partial charge < -0.3 is 59.5 Å². The fourth-order valence-corrected chi connectivity index (χ4v) is 1.97. The number of amides is 2. The molecule has 3 atom stereocenters. The number of nitrogens with two attached hydrogens (primary N) is 5. The molecule has 0 aliphatic heterocycles. The first-order valence-electron chi connectivity index (χ1n) is 11.6. The summed E-state index contributed by atoms with van der Waals surface area (Å²) in [4.78, 5) is 60.5. The van der Waals surface area contributed by atoms with Crippen molar-refractivity contribution < 1.29 is 54.3 Å². The Kier molecular flexibility index (Phi) is 22.5. The Morgan fingerprint density at radius 3 is 1.52 bits per heavy atom. The van der Waals surface area contributed by atoms with Crippen molar-refractivity contribution >= 4 is 41.6 Å². The fraction of sp³-hybridized carbons (Fsp3) is 0.478. The summed E-state index contributed by atoms with van der Waals surface area (Å²) in [6, 6.07) is 2.81. The summed E-state index contributed by atoms with van der Waals surface area (Å²) in [5, 5.41) is 43.6. The molecule has 1 rings (SSSR count). The van der Waals surface area contributed by atoms with Crippen LogP contribution in [0.15, 0.2) is 24.3 Å². The molecule has 1 aromatic carbocycles. The van der Waals surface area contributed by atoms with Crippen molar-refractivity contribution in [2.24, 2.45) is 28.9 Å². The molecule has 0 heterocycles. The predicted molar refractivity (Wildman–Crippen MR) is 143 cm³/mol. The molecular weight excluding hydrogens is 536 g/mol. The Morgan fingerprint density at radius 1 is 0.775 bits per heavy atom. The smallest absolute Gasteiger partial charge is 0.335 e. The highest BCUT2D eigenvalue weighted by atomic mass is 16.4. The standard InChI is InChI=1S/C7H7NO2.C6H13N3O3.C5H9NO4.C5H11NO2/c8-6-3-1-5(2-4-6)7(9)10;7-4(5(10)11)2-1-3-9-6(8)12;6-3(5(9)10)1-2-4(7)8;1-3(2)4(6)5(7)8/h1-4H,8H2,(H,9,10);4H,1-3,7H2,(H,10,11)(H3,8,9,12);3H,1-2,6H2,(H,7,8)(H,9,10);3-4H,6H2,1-2H3,(H,7,8). The van der Waals surface area contributed by atoms with E-state index in [0.717, 1.165) is 0 Å². The van der Waals surface area contributed by atoms with E-state index in [4.69, 9.17) is 54.2 Å². The van der Waals surface area contributed by atoms with E-state index < -0.39 is 54.0 Å². The molecule has 0 bridgehead atoms. The first-order valence-corrected chi connectivity index (χ1v) is 11.6. The third-order valence-corrected chi connectivity index (χ3v) is 4.46. The maximum absolute atomic E-state index is 10.3. The van der Waals surface area contributed by atoms with E-state index in [-0.39, 0.29) is 24.3 Å². The van der Waals surface area contributed by atoms with Gasteiger partial charge in [0.15, 0.2) is 0 Å². The third kappa shape index (κ3) is 25.2. The maximum atomic E-state index is 10.3. The number of primary amides is 1. The van der Waals surface area contributed by atoms with Gasteiger partial charge in [0.05, 0.1) is 5.56 Å². The molecule has 0 spiro atoms. The van der Waals surface area contributed by atoms with Crippen LogP contribution >= 0.6 is 0 Å². The highest BCUT2D eigenvalue weighted by Crippen LogP contribution is 2.04. The third-order valence-electron chi connectivity index (χ3n) is 4.46. The number of benzene rings is 1. The molecule has 0 aliphatic carbocycles.